The Hall–Kier alpha value is -4.33. The highest BCUT2D eigenvalue weighted by atomic mass is 19.1. The number of halogens is 1. The molecule has 0 saturated carbocycles. The van der Waals surface area contributed by atoms with Gasteiger partial charge in [0, 0.05) is 18.5 Å². The maximum absolute atomic E-state index is 14.0. The molecule has 0 aliphatic carbocycles. The molecule has 0 saturated heterocycles. The minimum Gasteiger partial charge on any atom is -0.360 e. The van der Waals surface area contributed by atoms with Crippen molar-refractivity contribution in [1.82, 2.24) is 10.3 Å². The van der Waals surface area contributed by atoms with Crippen LogP contribution in [0.1, 0.15) is 21.5 Å². The predicted molar refractivity (Wildman–Crippen MR) is 120 cm³/mol. The van der Waals surface area contributed by atoms with E-state index in [1.165, 1.54) is 12.1 Å². The Labute approximate surface area is 183 Å². The number of hydrogen-bond donors (Lipinski definition) is 2. The van der Waals surface area contributed by atoms with E-state index in [-0.39, 0.29) is 35.4 Å². The number of hydrogen-bond acceptors (Lipinski definition) is 5. The van der Waals surface area contributed by atoms with Crippen molar-refractivity contribution in [3.8, 4) is 0 Å². The second-order valence-electron chi connectivity index (χ2n) is 7.11. The van der Waals surface area contributed by atoms with Crippen molar-refractivity contribution in [3.63, 3.8) is 0 Å². The van der Waals surface area contributed by atoms with E-state index >= 15 is 0 Å². The highest BCUT2D eigenvalue weighted by Crippen LogP contribution is 2.34. The van der Waals surface area contributed by atoms with E-state index in [1.807, 2.05) is 60.7 Å². The second-order valence-corrected chi connectivity index (χ2v) is 7.11. The summed E-state index contributed by atoms with van der Waals surface area (Å²) in [6.07, 6.45) is 0. The van der Waals surface area contributed by atoms with Gasteiger partial charge in [-0.2, -0.15) is 0 Å². The number of carbonyl (C=O) groups is 1. The Bertz CT molecular complexity index is 1280. The van der Waals surface area contributed by atoms with Crippen LogP contribution in [0, 0.1) is 15.9 Å². The van der Waals surface area contributed by atoms with E-state index in [9.17, 15) is 19.3 Å². The van der Waals surface area contributed by atoms with Crippen molar-refractivity contribution in [2.75, 3.05) is 5.32 Å². The number of fused-ring (bicyclic) bond motifs is 1. The van der Waals surface area contributed by atoms with Crippen LogP contribution in [-0.4, -0.2) is 15.8 Å². The summed E-state index contributed by atoms with van der Waals surface area (Å²) in [6, 6.07) is 22.1. The van der Waals surface area contributed by atoms with E-state index in [1.54, 1.807) is 0 Å². The highest BCUT2D eigenvalue weighted by Gasteiger charge is 2.29. The first-order chi connectivity index (χ1) is 15.5. The molecule has 0 atom stereocenters. The van der Waals surface area contributed by atoms with Crippen LogP contribution < -0.4 is 10.6 Å². The molecule has 0 aliphatic heterocycles. The molecular weight excluding hydrogens is 411 g/mol. The normalized spacial score (nSPS) is 10.7. The molecule has 2 N–H and O–H groups in total. The van der Waals surface area contributed by atoms with Gasteiger partial charge >= 0.3 is 5.69 Å². The molecule has 1 heterocycles. The van der Waals surface area contributed by atoms with E-state index in [0.29, 0.717) is 0 Å². The third-order valence-corrected chi connectivity index (χ3v) is 4.93. The monoisotopic (exact) mass is 430 g/mol. The molecule has 8 heteroatoms. The maximum atomic E-state index is 14.0. The molecule has 0 aliphatic rings. The molecular formula is C24H19FN4O3. The van der Waals surface area contributed by atoms with Crippen LogP contribution in [-0.2, 0) is 13.1 Å². The van der Waals surface area contributed by atoms with E-state index < -0.39 is 22.3 Å². The average molecular weight is 430 g/mol. The fourth-order valence-corrected chi connectivity index (χ4v) is 3.40. The van der Waals surface area contributed by atoms with Crippen LogP contribution in [0.3, 0.4) is 0 Å². The number of benzene rings is 3. The second kappa shape index (κ2) is 9.22. The lowest BCUT2D eigenvalue weighted by molar-refractivity contribution is -0.384. The summed E-state index contributed by atoms with van der Waals surface area (Å²) < 4.78 is 14.0. The molecule has 0 spiro atoms. The number of aromatic nitrogens is 1. The van der Waals surface area contributed by atoms with Gasteiger partial charge in [-0.15, -0.1) is 0 Å². The summed E-state index contributed by atoms with van der Waals surface area (Å²) >= 11 is 0. The van der Waals surface area contributed by atoms with Crippen molar-refractivity contribution in [3.05, 3.63) is 111 Å². The standard InChI is InChI=1S/C24H19FN4O3/c25-18-11-12-20-19(13-18)21(24(30)27-15-17-9-5-2-6-10-17)22(29(31)32)23(28-20)26-14-16-7-3-1-4-8-16/h1-13H,14-15H2,(H,26,28)(H,27,30). The van der Waals surface area contributed by atoms with Crippen LogP contribution in [0.15, 0.2) is 78.9 Å². The lowest BCUT2D eigenvalue weighted by atomic mass is 10.0. The number of carbonyl (C=O) groups excluding carboxylic acids is 1. The number of amides is 1. The maximum Gasteiger partial charge on any atom is 0.324 e. The quantitative estimate of drug-likeness (QED) is 0.324. The van der Waals surface area contributed by atoms with E-state index in [4.69, 9.17) is 0 Å². The fourth-order valence-electron chi connectivity index (χ4n) is 3.40. The summed E-state index contributed by atoms with van der Waals surface area (Å²) in [5.74, 6) is -1.35. The molecule has 0 fully saturated rings. The van der Waals surface area contributed by atoms with Gasteiger partial charge in [0.15, 0.2) is 0 Å². The summed E-state index contributed by atoms with van der Waals surface area (Å²) in [7, 11) is 0. The van der Waals surface area contributed by atoms with Gasteiger partial charge in [-0.25, -0.2) is 9.37 Å². The molecule has 0 radical (unpaired) electrons. The first-order valence-electron chi connectivity index (χ1n) is 9.90. The zero-order valence-corrected chi connectivity index (χ0v) is 16.9. The number of anilines is 1. The van der Waals surface area contributed by atoms with Crippen molar-refractivity contribution in [2.24, 2.45) is 0 Å². The minimum absolute atomic E-state index is 0.0529. The first kappa shape index (κ1) is 20.9. The first-order valence-corrected chi connectivity index (χ1v) is 9.90. The Morgan fingerprint density at radius 3 is 2.19 bits per heavy atom. The van der Waals surface area contributed by atoms with Crippen molar-refractivity contribution in [2.45, 2.75) is 13.1 Å². The molecule has 4 aromatic rings. The molecule has 0 unspecified atom stereocenters. The largest absolute Gasteiger partial charge is 0.360 e. The lowest BCUT2D eigenvalue weighted by Gasteiger charge is -2.13. The van der Waals surface area contributed by atoms with Crippen LogP contribution in [0.2, 0.25) is 0 Å². The van der Waals surface area contributed by atoms with Crippen LogP contribution in [0.4, 0.5) is 15.9 Å². The van der Waals surface area contributed by atoms with Gasteiger partial charge in [-0.3, -0.25) is 14.9 Å². The number of nitro groups is 1. The summed E-state index contributed by atoms with van der Waals surface area (Å²) in [4.78, 5) is 28.8. The van der Waals surface area contributed by atoms with Gasteiger partial charge in [0.25, 0.3) is 5.91 Å². The number of nitrogens with one attached hydrogen (secondary N) is 2. The highest BCUT2D eigenvalue weighted by molar-refractivity contribution is 6.11. The molecule has 0 bridgehead atoms. The molecule has 32 heavy (non-hydrogen) atoms. The number of nitrogens with zero attached hydrogens (tertiary/aromatic N) is 2. The molecule has 7 nitrogen and oxygen atoms in total. The summed E-state index contributed by atoms with van der Waals surface area (Å²) in [5, 5.41) is 17.8. The Balaban J connectivity index is 1.77. The van der Waals surface area contributed by atoms with Gasteiger partial charge in [-0.1, -0.05) is 60.7 Å². The van der Waals surface area contributed by atoms with Gasteiger partial charge in [-0.05, 0) is 29.3 Å². The Morgan fingerprint density at radius 1 is 0.938 bits per heavy atom. The fraction of sp³-hybridized carbons (Fsp3) is 0.0833. The lowest BCUT2D eigenvalue weighted by Crippen LogP contribution is -2.25. The Morgan fingerprint density at radius 2 is 1.56 bits per heavy atom. The molecule has 4 rings (SSSR count). The molecule has 1 amide bonds. The molecule has 1 aromatic heterocycles. The number of pyridine rings is 1. The van der Waals surface area contributed by atoms with Gasteiger partial charge < -0.3 is 10.6 Å². The van der Waals surface area contributed by atoms with E-state index in [2.05, 4.69) is 15.6 Å². The zero-order valence-electron chi connectivity index (χ0n) is 16.9. The minimum atomic E-state index is -0.679. The van der Waals surface area contributed by atoms with Gasteiger partial charge in [0.1, 0.15) is 11.4 Å². The predicted octanol–water partition coefficient (Wildman–Crippen LogP) is 4.82. The van der Waals surface area contributed by atoms with Crippen LogP contribution in [0.5, 0.6) is 0 Å². The van der Waals surface area contributed by atoms with Crippen molar-refractivity contribution in [1.29, 1.82) is 0 Å². The Kier molecular flexibility index (Phi) is 6.03. The third kappa shape index (κ3) is 4.54. The van der Waals surface area contributed by atoms with Crippen molar-refractivity contribution < 1.29 is 14.1 Å². The van der Waals surface area contributed by atoms with E-state index in [0.717, 1.165) is 17.2 Å². The van der Waals surface area contributed by atoms with Gasteiger partial charge in [0.2, 0.25) is 5.82 Å². The van der Waals surface area contributed by atoms with Crippen molar-refractivity contribution >= 4 is 28.3 Å². The number of rotatable bonds is 7. The topological polar surface area (TPSA) is 97.2 Å². The van der Waals surface area contributed by atoms with Crippen LogP contribution >= 0.6 is 0 Å². The summed E-state index contributed by atoms with van der Waals surface area (Å²) in [5.41, 5.74) is 1.27. The SMILES string of the molecule is O=C(NCc1ccccc1)c1c([N+](=O)[O-])c(NCc2ccccc2)nc2ccc(F)cc12. The summed E-state index contributed by atoms with van der Waals surface area (Å²) in [6.45, 7) is 0.440. The average Bonchev–Trinajstić information content (AvgIpc) is 2.81. The smallest absolute Gasteiger partial charge is 0.324 e. The van der Waals surface area contributed by atoms with Crippen LogP contribution in [0.25, 0.3) is 10.9 Å². The molecule has 3 aromatic carbocycles. The zero-order chi connectivity index (χ0) is 22.5. The third-order valence-electron chi connectivity index (χ3n) is 4.93. The van der Waals surface area contributed by atoms with Gasteiger partial charge in [0.05, 0.1) is 10.4 Å². The molecule has 160 valence electrons.